The Balaban J connectivity index is 1.49. The van der Waals surface area contributed by atoms with Gasteiger partial charge in [0.1, 0.15) is 24.2 Å². The van der Waals surface area contributed by atoms with Crippen LogP contribution in [-0.4, -0.2) is 43.0 Å². The van der Waals surface area contributed by atoms with Crippen molar-refractivity contribution in [1.82, 2.24) is 30.5 Å². The van der Waals surface area contributed by atoms with Crippen LogP contribution in [0.2, 0.25) is 0 Å². The first kappa shape index (κ1) is 24.3. The third-order valence-corrected chi connectivity index (χ3v) is 6.29. The molecule has 1 saturated carbocycles. The number of carbonyl (C=O) groups excluding carboxylic acids is 2. The van der Waals surface area contributed by atoms with E-state index in [1.165, 1.54) is 29.2 Å². The summed E-state index contributed by atoms with van der Waals surface area (Å²) in [4.78, 5) is 34.0. The van der Waals surface area contributed by atoms with Gasteiger partial charge in [0, 0.05) is 24.1 Å². The quantitative estimate of drug-likeness (QED) is 0.390. The van der Waals surface area contributed by atoms with E-state index >= 15 is 0 Å². The Labute approximate surface area is 212 Å². The molecule has 0 aliphatic heterocycles. The van der Waals surface area contributed by atoms with E-state index in [0.717, 1.165) is 30.5 Å². The van der Waals surface area contributed by atoms with E-state index in [0.29, 0.717) is 22.8 Å². The lowest BCUT2D eigenvalue weighted by atomic mass is 10.0. The summed E-state index contributed by atoms with van der Waals surface area (Å²) in [6, 6.07) is 11.3. The minimum Gasteiger partial charge on any atom is -0.458 e. The molecule has 1 aliphatic rings. The summed E-state index contributed by atoms with van der Waals surface area (Å²) < 4.78 is 19.3. The summed E-state index contributed by atoms with van der Waals surface area (Å²) in [5.74, 6) is 0.0986. The second-order valence-electron chi connectivity index (χ2n) is 8.97. The van der Waals surface area contributed by atoms with Crippen molar-refractivity contribution < 1.29 is 18.4 Å². The van der Waals surface area contributed by atoms with Crippen LogP contribution in [0.25, 0.3) is 11.6 Å². The highest BCUT2D eigenvalue weighted by molar-refractivity contribution is 6.01. The first-order valence-corrected chi connectivity index (χ1v) is 12.1. The molecule has 0 unspecified atom stereocenters. The minimum absolute atomic E-state index is 0.0401. The maximum atomic E-state index is 13.8. The van der Waals surface area contributed by atoms with Crippen molar-refractivity contribution in [2.75, 3.05) is 4.90 Å². The molecule has 0 spiro atoms. The molecule has 1 aliphatic carbocycles. The lowest BCUT2D eigenvalue weighted by molar-refractivity contribution is -0.127. The number of aromatic nitrogens is 5. The van der Waals surface area contributed by atoms with Crippen LogP contribution in [0.4, 0.5) is 10.1 Å². The number of rotatable bonds is 8. The maximum absolute atomic E-state index is 13.8. The third kappa shape index (κ3) is 5.55. The second kappa shape index (κ2) is 10.7. The molecule has 5 rings (SSSR count). The number of hydrogen-bond donors (Lipinski definition) is 1. The van der Waals surface area contributed by atoms with Crippen LogP contribution in [-0.2, 0) is 16.1 Å². The van der Waals surface area contributed by atoms with Gasteiger partial charge in [-0.05, 0) is 79.1 Å². The van der Waals surface area contributed by atoms with Gasteiger partial charge in [-0.1, -0.05) is 12.8 Å². The van der Waals surface area contributed by atoms with Crippen molar-refractivity contribution in [2.24, 2.45) is 0 Å². The number of hydrogen-bond acceptors (Lipinski definition) is 7. The van der Waals surface area contributed by atoms with E-state index in [1.807, 2.05) is 0 Å². The molecule has 37 heavy (non-hydrogen) atoms. The second-order valence-corrected chi connectivity index (χ2v) is 8.97. The van der Waals surface area contributed by atoms with E-state index in [2.05, 4.69) is 25.7 Å². The predicted octanol–water partition coefficient (Wildman–Crippen LogP) is 3.61. The Bertz CT molecular complexity index is 1360. The summed E-state index contributed by atoms with van der Waals surface area (Å²) >= 11 is 0. The largest absolute Gasteiger partial charge is 0.458 e. The van der Waals surface area contributed by atoms with Gasteiger partial charge in [0.15, 0.2) is 5.76 Å². The molecule has 1 aromatic carbocycles. The normalized spacial score (nSPS) is 14.4. The number of amides is 2. The van der Waals surface area contributed by atoms with Gasteiger partial charge >= 0.3 is 0 Å². The van der Waals surface area contributed by atoms with E-state index in [9.17, 15) is 14.0 Å². The smallest absolute Gasteiger partial charge is 0.251 e. The van der Waals surface area contributed by atoms with Gasteiger partial charge in [-0.3, -0.25) is 19.5 Å². The summed E-state index contributed by atoms with van der Waals surface area (Å²) in [5, 5.41) is 15.3. The zero-order chi connectivity index (χ0) is 25.8. The van der Waals surface area contributed by atoms with E-state index in [1.54, 1.807) is 43.6 Å². The molecule has 1 N–H and O–H groups in total. The molecule has 0 saturated heterocycles. The molecular weight excluding hydrogens is 477 g/mol. The molecule has 0 bridgehead atoms. The molecule has 1 fully saturated rings. The number of aryl methyl sites for hydroxylation is 1. The average molecular weight is 504 g/mol. The molecular formula is C26H26FN7O3. The topological polar surface area (TPSA) is 119 Å². The van der Waals surface area contributed by atoms with Crippen LogP contribution in [0.1, 0.15) is 43.0 Å². The number of benzene rings is 1. The Hall–Kier alpha value is -4.41. The predicted molar refractivity (Wildman–Crippen MR) is 132 cm³/mol. The van der Waals surface area contributed by atoms with Gasteiger partial charge in [0.2, 0.25) is 11.7 Å². The average Bonchev–Trinajstić information content (AvgIpc) is 3.66. The number of carbonyl (C=O) groups is 2. The molecule has 190 valence electrons. The van der Waals surface area contributed by atoms with E-state index in [-0.39, 0.29) is 24.3 Å². The van der Waals surface area contributed by atoms with Gasteiger partial charge in [0.25, 0.3) is 5.91 Å². The SMILES string of the molecule is Cc1ccc(-c2nnn(CC(=O)N(c3ccc(F)cc3)[C@H](C(=O)NC3CCCC3)c3ccncc3)n2)o1. The summed E-state index contributed by atoms with van der Waals surface area (Å²) in [5.41, 5.74) is 0.929. The fourth-order valence-electron chi connectivity index (χ4n) is 4.51. The third-order valence-electron chi connectivity index (χ3n) is 6.29. The van der Waals surface area contributed by atoms with Crippen LogP contribution in [0, 0.1) is 12.7 Å². The molecule has 3 aromatic heterocycles. The van der Waals surface area contributed by atoms with Crippen LogP contribution in [0.15, 0.2) is 65.3 Å². The summed E-state index contributed by atoms with van der Waals surface area (Å²) in [6.45, 7) is 1.50. The first-order chi connectivity index (χ1) is 18.0. The van der Waals surface area contributed by atoms with E-state index < -0.39 is 17.8 Å². The number of nitrogens with zero attached hydrogens (tertiary/aromatic N) is 6. The molecule has 10 nitrogen and oxygen atoms in total. The molecule has 4 aromatic rings. The van der Waals surface area contributed by atoms with Gasteiger partial charge in [-0.25, -0.2) is 4.39 Å². The molecule has 0 radical (unpaired) electrons. The maximum Gasteiger partial charge on any atom is 0.251 e. The Kier molecular flexibility index (Phi) is 7.02. The molecule has 1 atom stereocenters. The van der Waals surface area contributed by atoms with Crippen molar-refractivity contribution in [2.45, 2.75) is 51.2 Å². The van der Waals surface area contributed by atoms with Crippen LogP contribution < -0.4 is 10.2 Å². The highest BCUT2D eigenvalue weighted by atomic mass is 19.1. The number of tetrazole rings is 1. The Morgan fingerprint density at radius 3 is 2.51 bits per heavy atom. The zero-order valence-electron chi connectivity index (χ0n) is 20.2. The van der Waals surface area contributed by atoms with Gasteiger partial charge in [0.05, 0.1) is 0 Å². The van der Waals surface area contributed by atoms with E-state index in [4.69, 9.17) is 4.42 Å². The number of pyridine rings is 1. The minimum atomic E-state index is -1.02. The number of anilines is 1. The fourth-order valence-corrected chi connectivity index (χ4v) is 4.51. The van der Waals surface area contributed by atoms with Gasteiger partial charge < -0.3 is 9.73 Å². The standard InChI is InChI=1S/C26H26FN7O3/c1-17-6-11-22(37-17)25-30-32-33(31-25)16-23(35)34(21-9-7-19(27)8-10-21)24(18-12-14-28-15-13-18)26(36)29-20-4-2-3-5-20/h6-15,20,24H,2-5,16H2,1H3,(H,29,36)/t24-/m0/s1. The van der Waals surface area contributed by atoms with Crippen LogP contribution in [0.5, 0.6) is 0 Å². The van der Waals surface area contributed by atoms with Gasteiger partial charge in [-0.2, -0.15) is 4.80 Å². The Morgan fingerprint density at radius 2 is 1.84 bits per heavy atom. The van der Waals surface area contributed by atoms with Crippen molar-refractivity contribution in [3.05, 3.63) is 78.1 Å². The lowest BCUT2D eigenvalue weighted by Crippen LogP contribution is -2.47. The molecule has 3 heterocycles. The first-order valence-electron chi connectivity index (χ1n) is 12.1. The monoisotopic (exact) mass is 503 g/mol. The Morgan fingerprint density at radius 1 is 1.11 bits per heavy atom. The lowest BCUT2D eigenvalue weighted by Gasteiger charge is -2.32. The number of nitrogens with one attached hydrogen (secondary N) is 1. The van der Waals surface area contributed by atoms with Gasteiger partial charge in [-0.15, -0.1) is 10.2 Å². The highest BCUT2D eigenvalue weighted by Gasteiger charge is 2.34. The molecule has 11 heteroatoms. The van der Waals surface area contributed by atoms with Crippen LogP contribution in [0.3, 0.4) is 0 Å². The van der Waals surface area contributed by atoms with Crippen molar-refractivity contribution in [3.63, 3.8) is 0 Å². The summed E-state index contributed by atoms with van der Waals surface area (Å²) in [6.07, 6.45) is 6.99. The van der Waals surface area contributed by atoms with Crippen LogP contribution >= 0.6 is 0 Å². The highest BCUT2D eigenvalue weighted by Crippen LogP contribution is 2.29. The zero-order valence-corrected chi connectivity index (χ0v) is 20.2. The number of halogens is 1. The summed E-state index contributed by atoms with van der Waals surface area (Å²) in [7, 11) is 0. The van der Waals surface area contributed by atoms with Crippen molar-refractivity contribution in [3.8, 4) is 11.6 Å². The number of furan rings is 1. The van der Waals surface area contributed by atoms with Crippen molar-refractivity contribution >= 4 is 17.5 Å². The molecule has 2 amide bonds. The fraction of sp³-hybridized carbons (Fsp3) is 0.308. The van der Waals surface area contributed by atoms with Crippen molar-refractivity contribution in [1.29, 1.82) is 0 Å².